The number of nitro benzene ring substituents is 1. The van der Waals surface area contributed by atoms with E-state index >= 15 is 0 Å². The maximum Gasteiger partial charge on any atom is 0.269 e. The summed E-state index contributed by atoms with van der Waals surface area (Å²) in [4.78, 5) is 10.4. The van der Waals surface area contributed by atoms with Crippen molar-refractivity contribution in [3.05, 3.63) is 67.7 Å². The molecule has 1 heterocycles. The molecular formula is C17H14BrN3O3. The van der Waals surface area contributed by atoms with Gasteiger partial charge in [-0.05, 0) is 52.7 Å². The van der Waals surface area contributed by atoms with Gasteiger partial charge in [0.05, 0.1) is 16.5 Å². The van der Waals surface area contributed by atoms with Crippen molar-refractivity contribution in [2.24, 2.45) is 10.2 Å². The van der Waals surface area contributed by atoms with Gasteiger partial charge in [-0.1, -0.05) is 0 Å². The first-order valence-electron chi connectivity index (χ1n) is 7.22. The smallest absolute Gasteiger partial charge is 0.269 e. The van der Waals surface area contributed by atoms with Crippen molar-refractivity contribution in [3.8, 4) is 5.75 Å². The summed E-state index contributed by atoms with van der Waals surface area (Å²) < 4.78 is 6.25. The highest BCUT2D eigenvalue weighted by molar-refractivity contribution is 9.10. The minimum absolute atomic E-state index is 0.0428. The molecule has 2 aromatic rings. The monoisotopic (exact) mass is 387 g/mol. The summed E-state index contributed by atoms with van der Waals surface area (Å²) in [5, 5.41) is 19.5. The van der Waals surface area contributed by atoms with Crippen LogP contribution >= 0.6 is 15.9 Å². The molecule has 24 heavy (non-hydrogen) atoms. The van der Waals surface area contributed by atoms with Crippen molar-refractivity contribution >= 4 is 33.0 Å². The summed E-state index contributed by atoms with van der Waals surface area (Å²) in [5.74, 6) is 0.697. The van der Waals surface area contributed by atoms with Crippen LogP contribution in [-0.4, -0.2) is 23.5 Å². The topological polar surface area (TPSA) is 77.1 Å². The van der Waals surface area contributed by atoms with Gasteiger partial charge in [-0.2, -0.15) is 5.10 Å². The molecule has 7 heteroatoms. The van der Waals surface area contributed by atoms with Crippen molar-refractivity contribution in [1.82, 2.24) is 0 Å². The second-order valence-corrected chi connectivity index (χ2v) is 6.26. The molecule has 0 bridgehead atoms. The Balaban J connectivity index is 2.15. The lowest BCUT2D eigenvalue weighted by molar-refractivity contribution is -0.384. The third kappa shape index (κ3) is 3.07. The van der Waals surface area contributed by atoms with Crippen molar-refractivity contribution in [2.75, 3.05) is 7.11 Å². The lowest BCUT2D eigenvalue weighted by Crippen LogP contribution is -2.07. The Bertz CT molecular complexity index is 873. The average Bonchev–Trinajstić information content (AvgIpc) is 2.72. The number of non-ortho nitro benzene ring substituents is 1. The fourth-order valence-electron chi connectivity index (χ4n) is 2.57. The zero-order valence-corrected chi connectivity index (χ0v) is 14.7. The molecule has 0 unspecified atom stereocenters. The molecule has 0 saturated heterocycles. The Hall–Kier alpha value is -2.54. The number of halogens is 1. The molecule has 3 rings (SSSR count). The second-order valence-electron chi connectivity index (χ2n) is 5.41. The molecule has 1 aliphatic heterocycles. The van der Waals surface area contributed by atoms with Gasteiger partial charge in [0.25, 0.3) is 5.69 Å². The van der Waals surface area contributed by atoms with Crippen molar-refractivity contribution < 1.29 is 9.66 Å². The minimum atomic E-state index is -0.422. The van der Waals surface area contributed by atoms with E-state index in [0.29, 0.717) is 17.9 Å². The molecule has 0 amide bonds. The summed E-state index contributed by atoms with van der Waals surface area (Å²) in [6.45, 7) is 1.92. The van der Waals surface area contributed by atoms with Crippen molar-refractivity contribution in [3.63, 3.8) is 0 Å². The second kappa shape index (κ2) is 6.52. The van der Waals surface area contributed by atoms with E-state index in [1.807, 2.05) is 19.1 Å². The van der Waals surface area contributed by atoms with E-state index in [-0.39, 0.29) is 5.69 Å². The Morgan fingerprint density at radius 3 is 2.54 bits per heavy atom. The van der Waals surface area contributed by atoms with E-state index in [4.69, 9.17) is 4.74 Å². The molecule has 2 aromatic carbocycles. The van der Waals surface area contributed by atoms with Crippen LogP contribution in [0, 0.1) is 10.1 Å². The van der Waals surface area contributed by atoms with Crippen LogP contribution in [0.15, 0.2) is 51.1 Å². The molecular weight excluding hydrogens is 374 g/mol. The molecule has 0 radical (unpaired) electrons. The Morgan fingerprint density at radius 2 is 1.92 bits per heavy atom. The number of methoxy groups -OCH3 is 1. The van der Waals surface area contributed by atoms with E-state index < -0.39 is 4.92 Å². The highest BCUT2D eigenvalue weighted by atomic mass is 79.9. The predicted octanol–water partition coefficient (Wildman–Crippen LogP) is 4.14. The van der Waals surface area contributed by atoms with Gasteiger partial charge in [0.15, 0.2) is 0 Å². The van der Waals surface area contributed by atoms with Crippen LogP contribution in [0.2, 0.25) is 0 Å². The van der Waals surface area contributed by atoms with E-state index in [2.05, 4.69) is 26.1 Å². The zero-order valence-electron chi connectivity index (χ0n) is 13.1. The number of nitro groups is 1. The predicted molar refractivity (Wildman–Crippen MR) is 96.2 cm³/mol. The van der Waals surface area contributed by atoms with E-state index in [1.165, 1.54) is 12.1 Å². The van der Waals surface area contributed by atoms with Gasteiger partial charge in [0.1, 0.15) is 11.5 Å². The van der Waals surface area contributed by atoms with Crippen LogP contribution < -0.4 is 4.74 Å². The van der Waals surface area contributed by atoms with E-state index in [1.54, 1.807) is 19.2 Å². The van der Waals surface area contributed by atoms with Gasteiger partial charge < -0.3 is 4.74 Å². The Labute approximate surface area is 147 Å². The lowest BCUT2D eigenvalue weighted by Gasteiger charge is -2.13. The number of rotatable bonds is 3. The zero-order chi connectivity index (χ0) is 17.3. The van der Waals surface area contributed by atoms with E-state index in [0.717, 1.165) is 26.9 Å². The third-order valence-corrected chi connectivity index (χ3v) is 4.37. The molecule has 0 N–H and O–H groups in total. The molecule has 0 spiro atoms. The van der Waals surface area contributed by atoms with Crippen LogP contribution in [-0.2, 0) is 6.42 Å². The number of hydrogen-bond donors (Lipinski definition) is 0. The molecule has 0 atom stereocenters. The Kier molecular flexibility index (Phi) is 4.44. The fourth-order valence-corrected chi connectivity index (χ4v) is 3.12. The Morgan fingerprint density at radius 1 is 1.21 bits per heavy atom. The molecule has 6 nitrogen and oxygen atoms in total. The molecule has 0 aliphatic carbocycles. The summed E-state index contributed by atoms with van der Waals surface area (Å²) in [7, 11) is 1.60. The van der Waals surface area contributed by atoms with Crippen molar-refractivity contribution in [2.45, 2.75) is 13.3 Å². The van der Waals surface area contributed by atoms with Crippen LogP contribution in [0.1, 0.15) is 23.6 Å². The normalized spacial score (nSPS) is 13.5. The maximum absolute atomic E-state index is 10.8. The van der Waals surface area contributed by atoms with Gasteiger partial charge in [-0.15, -0.1) is 5.10 Å². The number of hydrogen-bond acceptors (Lipinski definition) is 5. The summed E-state index contributed by atoms with van der Waals surface area (Å²) >= 11 is 3.50. The third-order valence-electron chi connectivity index (χ3n) is 3.75. The van der Waals surface area contributed by atoms with Gasteiger partial charge in [-0.25, -0.2) is 0 Å². The first kappa shape index (κ1) is 16.3. The van der Waals surface area contributed by atoms with Crippen LogP contribution in [0.4, 0.5) is 5.69 Å². The highest BCUT2D eigenvalue weighted by Gasteiger charge is 2.19. The van der Waals surface area contributed by atoms with Crippen molar-refractivity contribution in [1.29, 1.82) is 0 Å². The molecule has 1 aliphatic rings. The molecule has 0 aromatic heterocycles. The minimum Gasteiger partial charge on any atom is -0.496 e. The number of benzene rings is 2. The standard InChI is InChI=1S/C17H14BrN3O3/c1-10-7-12-8-15(18)16(24-2)9-14(12)17(20-19-10)11-3-5-13(6-4-11)21(22)23/h3-6,8-9H,7H2,1-2H3. The quantitative estimate of drug-likeness (QED) is 0.586. The maximum atomic E-state index is 10.8. The summed E-state index contributed by atoms with van der Waals surface area (Å²) in [5.41, 5.74) is 4.35. The number of nitrogens with zero attached hydrogens (tertiary/aromatic N) is 3. The summed E-state index contributed by atoms with van der Waals surface area (Å²) in [6, 6.07) is 10.2. The van der Waals surface area contributed by atoms with Gasteiger partial charge in [0, 0.05) is 35.4 Å². The van der Waals surface area contributed by atoms with Gasteiger partial charge in [0.2, 0.25) is 0 Å². The molecule has 0 saturated carbocycles. The van der Waals surface area contributed by atoms with Crippen LogP contribution in [0.25, 0.3) is 0 Å². The van der Waals surface area contributed by atoms with E-state index in [9.17, 15) is 10.1 Å². The SMILES string of the molecule is COc1cc2c(cc1Br)CC(C)=NN=C2c1ccc([N+](=O)[O-])cc1. The summed E-state index contributed by atoms with van der Waals surface area (Å²) in [6.07, 6.45) is 0.678. The number of fused-ring (bicyclic) bond motifs is 1. The van der Waals surface area contributed by atoms with Crippen LogP contribution in [0.5, 0.6) is 5.75 Å². The molecule has 0 fully saturated rings. The first-order chi connectivity index (χ1) is 11.5. The highest BCUT2D eigenvalue weighted by Crippen LogP contribution is 2.32. The lowest BCUT2D eigenvalue weighted by atomic mass is 9.95. The van der Waals surface area contributed by atoms with Crippen LogP contribution in [0.3, 0.4) is 0 Å². The largest absolute Gasteiger partial charge is 0.496 e. The number of ether oxygens (including phenoxy) is 1. The average molecular weight is 388 g/mol. The van der Waals surface area contributed by atoms with Gasteiger partial charge in [-0.3, -0.25) is 10.1 Å². The molecule has 122 valence electrons. The first-order valence-corrected chi connectivity index (χ1v) is 8.01. The fraction of sp³-hybridized carbons (Fsp3) is 0.176. The van der Waals surface area contributed by atoms with Gasteiger partial charge >= 0.3 is 0 Å².